The second-order valence-electron chi connectivity index (χ2n) is 9.52. The monoisotopic (exact) mass is 538 g/mol. The number of rotatable bonds is 4. The van der Waals surface area contributed by atoms with E-state index in [1.165, 1.54) is 18.3 Å². The minimum Gasteiger partial charge on any atom is -0.374 e. The van der Waals surface area contributed by atoms with Gasteiger partial charge in [0, 0.05) is 30.6 Å². The Hall–Kier alpha value is -3.68. The number of pyridine rings is 2. The smallest absolute Gasteiger partial charge is 0.374 e. The molecule has 0 N–H and O–H groups in total. The third-order valence-corrected chi connectivity index (χ3v) is 7.36. The molecule has 6 rings (SSSR count). The van der Waals surface area contributed by atoms with Gasteiger partial charge in [-0.25, -0.2) is 9.97 Å². The van der Waals surface area contributed by atoms with Gasteiger partial charge in [-0.15, -0.1) is 0 Å². The number of nitrogens with zero attached hydrogens (tertiary/aromatic N) is 6. The Labute approximate surface area is 221 Å². The maximum Gasteiger partial charge on any atom is 0.416 e. The maximum atomic E-state index is 13.2. The molecule has 4 aromatic rings. The van der Waals surface area contributed by atoms with E-state index >= 15 is 0 Å². The van der Waals surface area contributed by atoms with Gasteiger partial charge in [0.1, 0.15) is 11.8 Å². The van der Waals surface area contributed by atoms with Crippen LogP contribution in [0.5, 0.6) is 0 Å². The molecule has 1 saturated heterocycles. The molecule has 38 heavy (non-hydrogen) atoms. The molecule has 1 aromatic carbocycles. The molecule has 1 aliphatic carbocycles. The number of imidazole rings is 1. The van der Waals surface area contributed by atoms with Gasteiger partial charge in [0.2, 0.25) is 5.95 Å². The Morgan fingerprint density at radius 1 is 1.11 bits per heavy atom. The summed E-state index contributed by atoms with van der Waals surface area (Å²) in [5.41, 5.74) is 2.48. The summed E-state index contributed by atoms with van der Waals surface area (Å²) < 4.78 is 47.6. The number of fused-ring (bicyclic) bond motifs is 2. The van der Waals surface area contributed by atoms with E-state index in [2.05, 4.69) is 20.9 Å². The molecule has 3 aromatic heterocycles. The molecule has 7 nitrogen and oxygen atoms in total. The van der Waals surface area contributed by atoms with Gasteiger partial charge in [-0.05, 0) is 43.0 Å². The minimum absolute atomic E-state index is 0.104. The van der Waals surface area contributed by atoms with Crippen LogP contribution in [0, 0.1) is 11.3 Å². The quantitative estimate of drug-likeness (QED) is 0.324. The lowest BCUT2D eigenvalue weighted by atomic mass is 10.1. The first kappa shape index (κ1) is 24.6. The third-order valence-electron chi connectivity index (χ3n) is 7.16. The van der Waals surface area contributed by atoms with Gasteiger partial charge in [-0.1, -0.05) is 23.7 Å². The van der Waals surface area contributed by atoms with E-state index in [1.54, 1.807) is 18.3 Å². The molecular weight excluding hydrogens is 517 g/mol. The van der Waals surface area contributed by atoms with E-state index in [0.29, 0.717) is 52.0 Å². The summed E-state index contributed by atoms with van der Waals surface area (Å²) in [6, 6.07) is 10.7. The molecular formula is C27H22ClF3N6O. The van der Waals surface area contributed by atoms with Crippen LogP contribution in [0.15, 0.2) is 48.8 Å². The molecule has 194 valence electrons. The zero-order valence-corrected chi connectivity index (χ0v) is 20.9. The normalized spacial score (nSPS) is 19.5. The van der Waals surface area contributed by atoms with Crippen molar-refractivity contribution in [2.45, 2.75) is 44.1 Å². The number of halogens is 4. The van der Waals surface area contributed by atoms with E-state index in [9.17, 15) is 18.4 Å². The molecule has 0 unspecified atom stereocenters. The van der Waals surface area contributed by atoms with Crippen LogP contribution in [0.25, 0.3) is 22.3 Å². The van der Waals surface area contributed by atoms with E-state index in [-0.39, 0.29) is 24.4 Å². The highest BCUT2D eigenvalue weighted by Crippen LogP contribution is 2.38. The van der Waals surface area contributed by atoms with Crippen LogP contribution in [0.1, 0.15) is 36.1 Å². The van der Waals surface area contributed by atoms with Crippen molar-refractivity contribution in [3.8, 4) is 17.3 Å². The molecule has 2 aliphatic rings. The molecule has 0 radical (unpaired) electrons. The van der Waals surface area contributed by atoms with Crippen molar-refractivity contribution in [1.29, 1.82) is 5.26 Å². The van der Waals surface area contributed by atoms with Crippen LogP contribution >= 0.6 is 11.6 Å². The highest BCUT2D eigenvalue weighted by molar-refractivity contribution is 6.30. The van der Waals surface area contributed by atoms with Crippen LogP contribution in [0.2, 0.25) is 5.02 Å². The van der Waals surface area contributed by atoms with E-state index < -0.39 is 11.7 Å². The Kier molecular flexibility index (Phi) is 6.20. The minimum atomic E-state index is -4.42. The fourth-order valence-corrected chi connectivity index (χ4v) is 5.64. The van der Waals surface area contributed by atoms with Gasteiger partial charge in [0.05, 0.1) is 52.6 Å². The standard InChI is InChI=1S/C27H22ClF3N6O/c28-19-10-17(13-33-14-19)24-25-21(11-20(12-32)34-24)35-26(36-8-9-38-23-3-1-2-22(23)36)37(25)15-16-4-6-18(7-5-16)27(29,30)31/h4-7,10-11,13-14,22-23H,1-3,8-9,15H2/t22-,23-/m0/s1. The molecule has 2 fully saturated rings. The summed E-state index contributed by atoms with van der Waals surface area (Å²) >= 11 is 6.24. The Morgan fingerprint density at radius 2 is 1.92 bits per heavy atom. The number of ether oxygens (including phenoxy) is 1. The summed E-state index contributed by atoms with van der Waals surface area (Å²) in [6.45, 7) is 1.44. The molecule has 0 spiro atoms. The summed E-state index contributed by atoms with van der Waals surface area (Å²) in [7, 11) is 0. The van der Waals surface area contributed by atoms with Crippen molar-refractivity contribution < 1.29 is 17.9 Å². The summed E-state index contributed by atoms with van der Waals surface area (Å²) in [5.74, 6) is 0.674. The van der Waals surface area contributed by atoms with Crippen LogP contribution in [-0.2, 0) is 17.5 Å². The molecule has 0 amide bonds. The molecule has 0 bridgehead atoms. The molecule has 4 heterocycles. The number of benzene rings is 1. The zero-order chi connectivity index (χ0) is 26.4. The maximum absolute atomic E-state index is 13.2. The molecule has 11 heteroatoms. The number of hydrogen-bond donors (Lipinski definition) is 0. The average Bonchev–Trinajstić information content (AvgIpc) is 3.53. The predicted molar refractivity (Wildman–Crippen MR) is 136 cm³/mol. The zero-order valence-electron chi connectivity index (χ0n) is 20.1. The SMILES string of the molecule is N#Cc1cc2nc(N3CCO[C@H]4CCC[C@@H]43)n(Cc3ccc(C(F)(F)F)cc3)c2c(-c2cncc(Cl)c2)n1. The number of anilines is 1. The summed E-state index contributed by atoms with van der Waals surface area (Å²) in [6.07, 6.45) is 1.79. The van der Waals surface area contributed by atoms with Crippen LogP contribution in [0.4, 0.5) is 19.1 Å². The van der Waals surface area contributed by atoms with Gasteiger partial charge in [0.15, 0.2) is 0 Å². The number of aromatic nitrogens is 4. The third kappa shape index (κ3) is 4.46. The molecule has 1 saturated carbocycles. The highest BCUT2D eigenvalue weighted by atomic mass is 35.5. The Balaban J connectivity index is 1.55. The fraction of sp³-hybridized carbons (Fsp3) is 0.333. The Morgan fingerprint density at radius 3 is 2.66 bits per heavy atom. The first-order valence-electron chi connectivity index (χ1n) is 12.3. The van der Waals surface area contributed by atoms with Gasteiger partial charge in [0.25, 0.3) is 0 Å². The first-order chi connectivity index (χ1) is 18.3. The predicted octanol–water partition coefficient (Wildman–Crippen LogP) is 5.84. The van der Waals surface area contributed by atoms with Crippen molar-refractivity contribution in [1.82, 2.24) is 19.5 Å². The van der Waals surface area contributed by atoms with Crippen LogP contribution in [0.3, 0.4) is 0 Å². The largest absolute Gasteiger partial charge is 0.416 e. The average molecular weight is 539 g/mol. The van der Waals surface area contributed by atoms with Gasteiger partial charge < -0.3 is 14.2 Å². The lowest BCUT2D eigenvalue weighted by Crippen LogP contribution is -2.49. The van der Waals surface area contributed by atoms with Gasteiger partial charge in [-0.3, -0.25) is 4.98 Å². The number of morpholine rings is 1. The Bertz CT molecular complexity index is 1550. The summed E-state index contributed by atoms with van der Waals surface area (Å²) in [5, 5.41) is 10.1. The summed E-state index contributed by atoms with van der Waals surface area (Å²) in [4.78, 5) is 16.0. The van der Waals surface area contributed by atoms with E-state index in [4.69, 9.17) is 21.3 Å². The van der Waals surface area contributed by atoms with Crippen molar-refractivity contribution in [3.05, 3.63) is 70.6 Å². The lowest BCUT2D eigenvalue weighted by Gasteiger charge is -2.38. The number of nitriles is 1. The fourth-order valence-electron chi connectivity index (χ4n) is 5.47. The van der Waals surface area contributed by atoms with E-state index in [0.717, 1.165) is 31.4 Å². The second-order valence-corrected chi connectivity index (χ2v) is 9.96. The number of hydrogen-bond acceptors (Lipinski definition) is 6. The highest BCUT2D eigenvalue weighted by Gasteiger charge is 2.38. The second kappa shape index (κ2) is 9.57. The number of alkyl halides is 3. The van der Waals surface area contributed by atoms with Gasteiger partial charge in [-0.2, -0.15) is 18.4 Å². The lowest BCUT2D eigenvalue weighted by molar-refractivity contribution is -0.137. The first-order valence-corrected chi connectivity index (χ1v) is 12.7. The van der Waals surface area contributed by atoms with Crippen molar-refractivity contribution in [3.63, 3.8) is 0 Å². The topological polar surface area (TPSA) is 79.9 Å². The van der Waals surface area contributed by atoms with Crippen LogP contribution in [-0.4, -0.2) is 44.8 Å². The van der Waals surface area contributed by atoms with Crippen molar-refractivity contribution in [2.75, 3.05) is 18.1 Å². The molecule has 2 atom stereocenters. The van der Waals surface area contributed by atoms with Crippen LogP contribution < -0.4 is 4.90 Å². The van der Waals surface area contributed by atoms with E-state index in [1.807, 2.05) is 4.57 Å². The molecule has 1 aliphatic heterocycles. The van der Waals surface area contributed by atoms with Gasteiger partial charge >= 0.3 is 6.18 Å². The van der Waals surface area contributed by atoms with Crippen molar-refractivity contribution >= 4 is 28.6 Å². The van der Waals surface area contributed by atoms with Crippen molar-refractivity contribution in [2.24, 2.45) is 0 Å².